The molecule has 0 aliphatic heterocycles. The van der Waals surface area contributed by atoms with Crippen molar-refractivity contribution >= 4 is 11.6 Å². The lowest BCUT2D eigenvalue weighted by Crippen LogP contribution is -2.15. The first-order chi connectivity index (χ1) is 13.6. The van der Waals surface area contributed by atoms with E-state index in [1.54, 1.807) is 7.11 Å². The summed E-state index contributed by atoms with van der Waals surface area (Å²) in [5.74, 6) is 1.59. The molecule has 1 N–H and O–H groups in total. The van der Waals surface area contributed by atoms with E-state index in [2.05, 4.69) is 29.3 Å². The summed E-state index contributed by atoms with van der Waals surface area (Å²) in [4.78, 5) is 16.9. The van der Waals surface area contributed by atoms with Crippen molar-refractivity contribution in [3.63, 3.8) is 0 Å². The maximum atomic E-state index is 12.5. The molecule has 0 unspecified atom stereocenters. The highest BCUT2D eigenvalue weighted by Gasteiger charge is 2.13. The van der Waals surface area contributed by atoms with Gasteiger partial charge in [0, 0.05) is 24.1 Å². The molecule has 6 nitrogen and oxygen atoms in total. The minimum absolute atomic E-state index is 0.0586. The minimum Gasteiger partial charge on any atom is -0.497 e. The molecule has 0 saturated heterocycles. The summed E-state index contributed by atoms with van der Waals surface area (Å²) in [5.41, 5.74) is 4.03. The first-order valence-electron chi connectivity index (χ1n) is 9.52. The molecule has 0 bridgehead atoms. The lowest BCUT2D eigenvalue weighted by atomic mass is 10.0. The maximum absolute atomic E-state index is 12.5. The second-order valence-corrected chi connectivity index (χ2v) is 6.45. The Bertz CT molecular complexity index is 927. The number of hydrogen-bond acceptors (Lipinski definition) is 5. The summed E-state index contributed by atoms with van der Waals surface area (Å²) >= 11 is 0. The lowest BCUT2D eigenvalue weighted by Gasteiger charge is -2.14. The number of benzene rings is 2. The Hall–Kier alpha value is -3.15. The summed E-state index contributed by atoms with van der Waals surface area (Å²) in [6.07, 6.45) is 2.41. The van der Waals surface area contributed by atoms with Crippen LogP contribution in [-0.4, -0.2) is 23.2 Å². The number of methoxy groups -OCH3 is 1. The van der Waals surface area contributed by atoms with Crippen molar-refractivity contribution in [2.45, 2.75) is 39.5 Å². The summed E-state index contributed by atoms with van der Waals surface area (Å²) in [6.45, 7) is 4.17. The van der Waals surface area contributed by atoms with Crippen molar-refractivity contribution in [2.75, 3.05) is 12.4 Å². The van der Waals surface area contributed by atoms with Gasteiger partial charge in [0.2, 0.25) is 17.6 Å². The van der Waals surface area contributed by atoms with Gasteiger partial charge in [0.25, 0.3) is 0 Å². The number of nitrogens with zero attached hydrogens (tertiary/aromatic N) is 2. The molecule has 0 aliphatic carbocycles. The highest BCUT2D eigenvalue weighted by molar-refractivity contribution is 5.92. The van der Waals surface area contributed by atoms with Gasteiger partial charge in [0.15, 0.2) is 0 Å². The molecule has 0 radical (unpaired) electrons. The van der Waals surface area contributed by atoms with Gasteiger partial charge in [-0.05, 0) is 36.1 Å². The van der Waals surface area contributed by atoms with Gasteiger partial charge in [-0.2, -0.15) is 4.98 Å². The Labute approximate surface area is 164 Å². The molecule has 2 aromatic carbocycles. The van der Waals surface area contributed by atoms with Gasteiger partial charge in [-0.25, -0.2) is 0 Å². The van der Waals surface area contributed by atoms with Crippen LogP contribution >= 0.6 is 0 Å². The van der Waals surface area contributed by atoms with Gasteiger partial charge in [-0.15, -0.1) is 0 Å². The third-order valence-electron chi connectivity index (χ3n) is 4.63. The lowest BCUT2D eigenvalue weighted by molar-refractivity contribution is -0.116. The van der Waals surface area contributed by atoms with Crippen molar-refractivity contribution in [3.05, 3.63) is 59.5 Å². The van der Waals surface area contributed by atoms with E-state index in [1.807, 2.05) is 42.5 Å². The molecule has 1 aromatic heterocycles. The fourth-order valence-electron chi connectivity index (χ4n) is 3.06. The van der Waals surface area contributed by atoms with E-state index in [1.165, 1.54) is 0 Å². The highest BCUT2D eigenvalue weighted by Crippen LogP contribution is 2.24. The van der Waals surface area contributed by atoms with Crippen LogP contribution in [0.15, 0.2) is 47.0 Å². The molecular weight excluding hydrogens is 354 g/mol. The second kappa shape index (κ2) is 9.17. The number of hydrogen-bond donors (Lipinski definition) is 1. The monoisotopic (exact) mass is 379 g/mol. The van der Waals surface area contributed by atoms with Crippen LogP contribution in [0.1, 0.15) is 37.3 Å². The van der Waals surface area contributed by atoms with Crippen molar-refractivity contribution in [2.24, 2.45) is 0 Å². The first kappa shape index (κ1) is 19.6. The van der Waals surface area contributed by atoms with E-state index in [-0.39, 0.29) is 12.3 Å². The van der Waals surface area contributed by atoms with E-state index >= 15 is 0 Å². The Morgan fingerprint density at radius 3 is 2.50 bits per heavy atom. The highest BCUT2D eigenvalue weighted by atomic mass is 16.5. The first-order valence-corrected chi connectivity index (χ1v) is 9.52. The van der Waals surface area contributed by atoms with Gasteiger partial charge in [0.1, 0.15) is 5.75 Å². The predicted molar refractivity (Wildman–Crippen MR) is 108 cm³/mol. The zero-order chi connectivity index (χ0) is 19.9. The molecule has 28 heavy (non-hydrogen) atoms. The minimum atomic E-state index is -0.0586. The van der Waals surface area contributed by atoms with Gasteiger partial charge < -0.3 is 14.6 Å². The molecule has 0 fully saturated rings. The smallest absolute Gasteiger partial charge is 0.227 e. The average molecular weight is 379 g/mol. The van der Waals surface area contributed by atoms with Crippen LogP contribution in [0.2, 0.25) is 0 Å². The van der Waals surface area contributed by atoms with Crippen molar-refractivity contribution in [3.8, 4) is 17.1 Å². The molecule has 3 aromatic rings. The number of carbonyl (C=O) groups is 1. The molecule has 0 spiro atoms. The Balaban J connectivity index is 1.64. The van der Waals surface area contributed by atoms with Crippen LogP contribution in [-0.2, 0) is 24.1 Å². The number of rotatable bonds is 8. The molecule has 0 aliphatic rings. The summed E-state index contributed by atoms with van der Waals surface area (Å²) in [6, 6.07) is 13.6. The van der Waals surface area contributed by atoms with Gasteiger partial charge in [-0.1, -0.05) is 49.3 Å². The number of amides is 1. The van der Waals surface area contributed by atoms with Crippen LogP contribution in [0, 0.1) is 0 Å². The zero-order valence-electron chi connectivity index (χ0n) is 16.5. The Kier molecular flexibility index (Phi) is 6.42. The van der Waals surface area contributed by atoms with E-state index in [0.29, 0.717) is 18.1 Å². The quantitative estimate of drug-likeness (QED) is 0.626. The number of ether oxygens (including phenoxy) is 1. The fourth-order valence-corrected chi connectivity index (χ4v) is 3.06. The third kappa shape index (κ3) is 4.57. The van der Waals surface area contributed by atoms with E-state index in [0.717, 1.165) is 41.0 Å². The molecule has 1 heterocycles. The van der Waals surface area contributed by atoms with Crippen LogP contribution < -0.4 is 10.1 Å². The SMILES string of the molecule is CCc1cccc(CC)c1NC(=O)CCc1nc(-c2cccc(OC)c2)no1. The van der Waals surface area contributed by atoms with E-state index in [4.69, 9.17) is 9.26 Å². The average Bonchev–Trinajstić information content (AvgIpc) is 3.21. The van der Waals surface area contributed by atoms with Crippen LogP contribution in [0.3, 0.4) is 0 Å². The molecule has 3 rings (SSSR count). The molecule has 146 valence electrons. The third-order valence-corrected chi connectivity index (χ3v) is 4.63. The second-order valence-electron chi connectivity index (χ2n) is 6.45. The summed E-state index contributed by atoms with van der Waals surface area (Å²) in [5, 5.41) is 7.06. The van der Waals surface area contributed by atoms with Gasteiger partial charge in [-0.3, -0.25) is 4.79 Å². The fraction of sp³-hybridized carbons (Fsp3) is 0.318. The number of anilines is 1. The Morgan fingerprint density at radius 2 is 1.82 bits per heavy atom. The molecule has 0 atom stereocenters. The van der Waals surface area contributed by atoms with Crippen molar-refractivity contribution in [1.82, 2.24) is 10.1 Å². The molecule has 1 amide bonds. The number of aryl methyl sites for hydroxylation is 3. The van der Waals surface area contributed by atoms with E-state index < -0.39 is 0 Å². The summed E-state index contributed by atoms with van der Waals surface area (Å²) in [7, 11) is 1.61. The van der Waals surface area contributed by atoms with Crippen molar-refractivity contribution < 1.29 is 14.1 Å². The number of carbonyl (C=O) groups excluding carboxylic acids is 1. The van der Waals surface area contributed by atoms with Crippen LogP contribution in [0.25, 0.3) is 11.4 Å². The molecular formula is C22H25N3O3. The van der Waals surface area contributed by atoms with Crippen molar-refractivity contribution in [1.29, 1.82) is 0 Å². The topological polar surface area (TPSA) is 77.2 Å². The normalized spacial score (nSPS) is 10.7. The zero-order valence-corrected chi connectivity index (χ0v) is 16.5. The number of nitrogens with one attached hydrogen (secondary N) is 1. The van der Waals surface area contributed by atoms with Crippen LogP contribution in [0.4, 0.5) is 5.69 Å². The van der Waals surface area contributed by atoms with Gasteiger partial charge >= 0.3 is 0 Å². The number of aromatic nitrogens is 2. The van der Waals surface area contributed by atoms with Gasteiger partial charge in [0.05, 0.1) is 7.11 Å². The van der Waals surface area contributed by atoms with Crippen LogP contribution in [0.5, 0.6) is 5.75 Å². The maximum Gasteiger partial charge on any atom is 0.227 e. The summed E-state index contributed by atoms with van der Waals surface area (Å²) < 4.78 is 10.5. The molecule has 0 saturated carbocycles. The standard InChI is InChI=1S/C22H25N3O3/c1-4-15-8-6-9-16(5-2)21(15)23-19(26)12-13-20-24-22(25-28-20)17-10-7-11-18(14-17)27-3/h6-11,14H,4-5,12-13H2,1-3H3,(H,23,26). The Morgan fingerprint density at radius 1 is 1.11 bits per heavy atom. The number of para-hydroxylation sites is 1. The largest absolute Gasteiger partial charge is 0.497 e. The van der Waals surface area contributed by atoms with E-state index in [9.17, 15) is 4.79 Å². The predicted octanol–water partition coefficient (Wildman–Crippen LogP) is 4.44. The molecule has 6 heteroatoms.